The largest absolute Gasteiger partial charge is 0.335 e. The predicted octanol–water partition coefficient (Wildman–Crippen LogP) is 5.63. The lowest BCUT2D eigenvalue weighted by Gasteiger charge is -2.41. The molecule has 0 aliphatic heterocycles. The fourth-order valence-corrected chi connectivity index (χ4v) is 5.13. The van der Waals surface area contributed by atoms with Crippen LogP contribution in [0.1, 0.15) is 80.8 Å². The summed E-state index contributed by atoms with van der Waals surface area (Å²) >= 11 is 0. The van der Waals surface area contributed by atoms with Crippen LogP contribution in [0.4, 0.5) is 0 Å². The number of nitrogens with one attached hydrogen (secondary N) is 2. The molecule has 198 valence electrons. The lowest BCUT2D eigenvalue weighted by Crippen LogP contribution is -2.43. The fraction of sp³-hybridized carbons (Fsp3) is 0.483. The van der Waals surface area contributed by atoms with Gasteiger partial charge in [-0.15, -0.1) is 10.2 Å². The van der Waals surface area contributed by atoms with Gasteiger partial charge in [0.25, 0.3) is 11.9 Å². The third-order valence-electron chi connectivity index (χ3n) is 7.40. The Bertz CT molecular complexity index is 1070. The summed E-state index contributed by atoms with van der Waals surface area (Å²) in [5.74, 6) is 5.28. The second-order valence-corrected chi connectivity index (χ2v) is 10.9. The number of hydrogen-bond donors (Lipinski definition) is 3. The lowest BCUT2D eigenvalue weighted by atomic mass is 9.71. The molecule has 0 radical (unpaired) electrons. The Hall–Kier alpha value is -3.55. The van der Waals surface area contributed by atoms with E-state index in [4.69, 9.17) is 11.4 Å². The van der Waals surface area contributed by atoms with E-state index < -0.39 is 5.91 Å². The topological polar surface area (TPSA) is 124 Å². The molecule has 37 heavy (non-hydrogen) atoms. The van der Waals surface area contributed by atoms with E-state index in [0.717, 1.165) is 44.1 Å². The highest BCUT2D eigenvalue weighted by Crippen LogP contribution is 2.39. The van der Waals surface area contributed by atoms with Crippen molar-refractivity contribution in [1.82, 2.24) is 10.2 Å². The second-order valence-electron chi connectivity index (χ2n) is 10.9. The van der Waals surface area contributed by atoms with Gasteiger partial charge >= 0.3 is 0 Å². The maximum Gasteiger partial charge on any atom is 0.265 e. The van der Waals surface area contributed by atoms with E-state index in [0.29, 0.717) is 24.4 Å². The zero-order valence-corrected chi connectivity index (χ0v) is 22.2. The fourth-order valence-electron chi connectivity index (χ4n) is 5.13. The first kappa shape index (κ1) is 28.0. The summed E-state index contributed by atoms with van der Waals surface area (Å²) in [6.45, 7) is 7.45. The monoisotopic (exact) mass is 504 g/mol. The minimum atomic E-state index is -0.443. The maximum atomic E-state index is 13.5. The van der Waals surface area contributed by atoms with Crippen LogP contribution in [0.2, 0.25) is 0 Å². The number of benzene rings is 2. The van der Waals surface area contributed by atoms with Crippen molar-refractivity contribution in [2.24, 2.45) is 27.4 Å². The van der Waals surface area contributed by atoms with Gasteiger partial charge in [0, 0.05) is 24.6 Å². The number of hydrazone groups is 1. The first-order valence-corrected chi connectivity index (χ1v) is 13.1. The summed E-state index contributed by atoms with van der Waals surface area (Å²) in [7, 11) is 0. The SMILES string of the molecule is CC(C)(C)C1CCC(N(Cc2ccc(C(=O)N/C(N=N)=N/N)cc2)C(=O)CCCc2ccccc2)CC1. The normalized spacial score (nSPS) is 18.2. The molecule has 0 saturated heterocycles. The third kappa shape index (κ3) is 8.23. The van der Waals surface area contributed by atoms with E-state index in [1.54, 1.807) is 12.1 Å². The summed E-state index contributed by atoms with van der Waals surface area (Å²) < 4.78 is 0. The van der Waals surface area contributed by atoms with Gasteiger partial charge in [-0.05, 0) is 73.1 Å². The van der Waals surface area contributed by atoms with Crippen molar-refractivity contribution >= 4 is 17.8 Å². The van der Waals surface area contributed by atoms with E-state index >= 15 is 0 Å². The van der Waals surface area contributed by atoms with Crippen LogP contribution in [-0.4, -0.2) is 28.7 Å². The van der Waals surface area contributed by atoms with Crippen molar-refractivity contribution in [3.05, 3.63) is 71.3 Å². The van der Waals surface area contributed by atoms with Crippen LogP contribution in [0.5, 0.6) is 0 Å². The van der Waals surface area contributed by atoms with Crippen molar-refractivity contribution in [3.63, 3.8) is 0 Å². The highest BCUT2D eigenvalue weighted by Gasteiger charge is 2.33. The Labute approximate surface area is 220 Å². The molecule has 4 N–H and O–H groups in total. The molecule has 2 aromatic carbocycles. The molecule has 0 atom stereocenters. The predicted molar refractivity (Wildman–Crippen MR) is 146 cm³/mol. The molecule has 1 aliphatic rings. The number of guanidine groups is 1. The minimum Gasteiger partial charge on any atom is -0.335 e. The van der Waals surface area contributed by atoms with Crippen molar-refractivity contribution in [3.8, 4) is 0 Å². The summed E-state index contributed by atoms with van der Waals surface area (Å²) in [5, 5.41) is 8.70. The minimum absolute atomic E-state index is 0.192. The molecule has 0 heterocycles. The molecule has 0 aromatic heterocycles. The molecule has 1 fully saturated rings. The Balaban J connectivity index is 1.68. The molecular weight excluding hydrogens is 464 g/mol. The molecule has 2 amide bonds. The Kier molecular flexibility index (Phi) is 9.94. The molecule has 0 bridgehead atoms. The van der Waals surface area contributed by atoms with E-state index in [-0.39, 0.29) is 23.3 Å². The number of amides is 2. The number of aryl methyl sites for hydroxylation is 1. The van der Waals surface area contributed by atoms with Crippen LogP contribution in [0.15, 0.2) is 64.8 Å². The zero-order chi connectivity index (χ0) is 26.8. The van der Waals surface area contributed by atoms with Crippen LogP contribution in [-0.2, 0) is 17.8 Å². The van der Waals surface area contributed by atoms with Gasteiger partial charge in [0.1, 0.15) is 0 Å². The summed E-state index contributed by atoms with van der Waals surface area (Å²) in [6, 6.07) is 17.7. The molecule has 0 spiro atoms. The molecule has 3 rings (SSSR count). The first-order valence-electron chi connectivity index (χ1n) is 13.1. The Morgan fingerprint density at radius 3 is 2.22 bits per heavy atom. The van der Waals surface area contributed by atoms with Gasteiger partial charge < -0.3 is 10.7 Å². The zero-order valence-electron chi connectivity index (χ0n) is 22.2. The van der Waals surface area contributed by atoms with Crippen LogP contribution in [0, 0.1) is 16.9 Å². The van der Waals surface area contributed by atoms with Gasteiger partial charge in [0.15, 0.2) is 0 Å². The molecule has 1 aliphatic carbocycles. The van der Waals surface area contributed by atoms with Gasteiger partial charge in [-0.1, -0.05) is 63.2 Å². The molecule has 0 unspecified atom stereocenters. The van der Waals surface area contributed by atoms with Crippen molar-refractivity contribution in [2.45, 2.75) is 78.3 Å². The summed E-state index contributed by atoms with van der Waals surface area (Å²) in [6.07, 6.45) is 6.53. The Morgan fingerprint density at radius 2 is 1.65 bits per heavy atom. The smallest absolute Gasteiger partial charge is 0.265 e. The highest BCUT2D eigenvalue weighted by molar-refractivity contribution is 6.05. The molecule has 2 aromatic rings. The van der Waals surface area contributed by atoms with Crippen LogP contribution in [0.25, 0.3) is 0 Å². The first-order chi connectivity index (χ1) is 17.7. The second kappa shape index (κ2) is 13.1. The van der Waals surface area contributed by atoms with Crippen LogP contribution < -0.4 is 11.2 Å². The molecule has 8 heteroatoms. The van der Waals surface area contributed by atoms with Crippen molar-refractivity contribution < 1.29 is 9.59 Å². The molecule has 1 saturated carbocycles. The summed E-state index contributed by atoms with van der Waals surface area (Å²) in [5.41, 5.74) is 9.89. The van der Waals surface area contributed by atoms with Gasteiger partial charge in [-0.2, -0.15) is 0 Å². The van der Waals surface area contributed by atoms with Gasteiger partial charge in [0.2, 0.25) is 5.91 Å². The average molecular weight is 505 g/mol. The number of carbonyl (C=O) groups excluding carboxylic acids is 2. The lowest BCUT2D eigenvalue weighted by molar-refractivity contribution is -0.135. The average Bonchev–Trinajstić information content (AvgIpc) is 2.90. The third-order valence-corrected chi connectivity index (χ3v) is 7.40. The van der Waals surface area contributed by atoms with Gasteiger partial charge in [0.05, 0.1) is 0 Å². The van der Waals surface area contributed by atoms with E-state index in [9.17, 15) is 9.59 Å². The number of hydrogen-bond acceptors (Lipinski definition) is 5. The highest BCUT2D eigenvalue weighted by atomic mass is 16.2. The Morgan fingerprint density at radius 1 is 1.00 bits per heavy atom. The number of carbonyl (C=O) groups is 2. The van der Waals surface area contributed by atoms with Gasteiger partial charge in [-0.3, -0.25) is 14.9 Å². The van der Waals surface area contributed by atoms with Crippen molar-refractivity contribution in [1.29, 1.82) is 5.53 Å². The van der Waals surface area contributed by atoms with Crippen LogP contribution >= 0.6 is 0 Å². The van der Waals surface area contributed by atoms with E-state index in [1.807, 2.05) is 30.3 Å². The van der Waals surface area contributed by atoms with E-state index in [2.05, 4.69) is 53.3 Å². The van der Waals surface area contributed by atoms with Crippen LogP contribution in [0.3, 0.4) is 0 Å². The number of nitrogens with two attached hydrogens (primary N) is 1. The van der Waals surface area contributed by atoms with Crippen molar-refractivity contribution in [2.75, 3.05) is 0 Å². The van der Waals surface area contributed by atoms with Gasteiger partial charge in [-0.25, -0.2) is 5.53 Å². The summed E-state index contributed by atoms with van der Waals surface area (Å²) in [4.78, 5) is 27.9. The number of rotatable bonds is 8. The molecule has 8 nitrogen and oxygen atoms in total. The maximum absolute atomic E-state index is 13.5. The number of nitrogens with zero attached hydrogens (tertiary/aromatic N) is 3. The van der Waals surface area contributed by atoms with E-state index in [1.165, 1.54) is 5.56 Å². The molecular formula is C29H40N6O2. The standard InChI is InChI=1S/C29H40N6O2/c1-29(2,3)24-16-18-25(19-17-24)35(26(36)11-7-10-21-8-5-4-6-9-21)20-22-12-14-23(15-13-22)27(37)32-28(33-30)34-31/h4-6,8-9,12-15,24-25,30H,7,10-11,16-20,31H2,1-3H3,(H,32,34,37). The quantitative estimate of drug-likeness (QED) is 0.142.